The molecule has 1 atom stereocenters. The monoisotopic (exact) mass is 245 g/mol. The van der Waals surface area contributed by atoms with Crippen molar-refractivity contribution in [1.82, 2.24) is 5.32 Å². The van der Waals surface area contributed by atoms with Gasteiger partial charge < -0.3 is 5.32 Å². The third-order valence-electron chi connectivity index (χ3n) is 3.50. The predicted octanol–water partition coefficient (Wildman–Crippen LogP) is 3.34. The van der Waals surface area contributed by atoms with E-state index >= 15 is 0 Å². The van der Waals surface area contributed by atoms with Crippen molar-refractivity contribution in [3.05, 3.63) is 0 Å². The van der Waals surface area contributed by atoms with Crippen molar-refractivity contribution in [2.45, 2.75) is 51.9 Å². The summed E-state index contributed by atoms with van der Waals surface area (Å²) >= 11 is 5.65. The highest BCUT2D eigenvalue weighted by molar-refractivity contribution is 6.17. The Balaban J connectivity index is 2.01. The summed E-state index contributed by atoms with van der Waals surface area (Å²) in [6.07, 6.45) is 8.14. The molecule has 0 bridgehead atoms. The molecule has 1 saturated carbocycles. The topological polar surface area (TPSA) is 29.1 Å². The van der Waals surface area contributed by atoms with Crippen molar-refractivity contribution >= 4 is 17.5 Å². The van der Waals surface area contributed by atoms with E-state index in [1.165, 1.54) is 25.7 Å². The number of rotatable bonds is 7. The molecule has 94 valence electrons. The van der Waals surface area contributed by atoms with Crippen molar-refractivity contribution in [1.29, 1.82) is 0 Å². The molecule has 0 saturated heterocycles. The number of carbonyl (C=O) groups excluding carboxylic acids is 1. The summed E-state index contributed by atoms with van der Waals surface area (Å²) in [6.45, 7) is 2.90. The largest absolute Gasteiger partial charge is 0.356 e. The van der Waals surface area contributed by atoms with Crippen LogP contribution >= 0.6 is 11.6 Å². The van der Waals surface area contributed by atoms with Crippen LogP contribution in [0.3, 0.4) is 0 Å². The van der Waals surface area contributed by atoms with Crippen LogP contribution < -0.4 is 5.32 Å². The molecule has 16 heavy (non-hydrogen) atoms. The highest BCUT2D eigenvalue weighted by Crippen LogP contribution is 2.28. The second kappa shape index (κ2) is 7.94. The maximum atomic E-state index is 11.6. The Kier molecular flexibility index (Phi) is 6.86. The van der Waals surface area contributed by atoms with Crippen LogP contribution in [-0.4, -0.2) is 18.3 Å². The average molecular weight is 246 g/mol. The van der Waals surface area contributed by atoms with Crippen LogP contribution in [0.4, 0.5) is 0 Å². The molecule has 1 aliphatic carbocycles. The lowest BCUT2D eigenvalue weighted by Crippen LogP contribution is -2.28. The lowest BCUT2D eigenvalue weighted by atomic mass is 10.0. The van der Waals surface area contributed by atoms with Crippen molar-refractivity contribution in [2.24, 2.45) is 11.8 Å². The molecule has 0 aromatic heterocycles. The highest BCUT2D eigenvalue weighted by Gasteiger charge is 2.16. The number of hydrogen-bond donors (Lipinski definition) is 1. The minimum atomic E-state index is 0.216. The summed E-state index contributed by atoms with van der Waals surface area (Å²) in [5.74, 6) is 2.20. The number of alkyl halides is 1. The van der Waals surface area contributed by atoms with Crippen LogP contribution in [0.1, 0.15) is 51.9 Å². The van der Waals surface area contributed by atoms with Gasteiger partial charge in [-0.25, -0.2) is 0 Å². The lowest BCUT2D eigenvalue weighted by molar-refractivity contribution is -0.121. The van der Waals surface area contributed by atoms with Crippen molar-refractivity contribution in [3.63, 3.8) is 0 Å². The van der Waals surface area contributed by atoms with Gasteiger partial charge in [0.05, 0.1) is 0 Å². The van der Waals surface area contributed by atoms with Crippen LogP contribution in [0.25, 0.3) is 0 Å². The van der Waals surface area contributed by atoms with Crippen LogP contribution in [0.2, 0.25) is 0 Å². The van der Waals surface area contributed by atoms with Gasteiger partial charge in [-0.3, -0.25) is 4.79 Å². The zero-order valence-corrected chi connectivity index (χ0v) is 11.1. The second-order valence-electron chi connectivity index (χ2n) is 5.08. The van der Waals surface area contributed by atoms with Gasteiger partial charge in [-0.05, 0) is 24.7 Å². The summed E-state index contributed by atoms with van der Waals surface area (Å²) < 4.78 is 0. The predicted molar refractivity (Wildman–Crippen MR) is 68.7 cm³/mol. The van der Waals surface area contributed by atoms with Crippen LogP contribution in [-0.2, 0) is 4.79 Å². The standard InChI is InChI=1S/C13H24ClNO/c1-11(8-9-14)10-15-13(16)7-6-12-4-2-3-5-12/h11-12H,2-10H2,1H3,(H,15,16). The van der Waals surface area contributed by atoms with E-state index in [2.05, 4.69) is 12.2 Å². The molecule has 1 rings (SSSR count). The van der Waals surface area contributed by atoms with Gasteiger partial charge in [0.2, 0.25) is 5.91 Å². The fraction of sp³-hybridized carbons (Fsp3) is 0.923. The minimum absolute atomic E-state index is 0.216. The molecule has 1 N–H and O–H groups in total. The fourth-order valence-electron chi connectivity index (χ4n) is 2.30. The van der Waals surface area contributed by atoms with Crippen molar-refractivity contribution < 1.29 is 4.79 Å². The molecule has 0 spiro atoms. The quantitative estimate of drug-likeness (QED) is 0.685. The Morgan fingerprint density at radius 2 is 2.12 bits per heavy atom. The minimum Gasteiger partial charge on any atom is -0.356 e. The molecule has 0 aliphatic heterocycles. The normalized spacial score (nSPS) is 18.6. The third kappa shape index (κ3) is 5.74. The van der Waals surface area contributed by atoms with E-state index in [1.807, 2.05) is 0 Å². The fourth-order valence-corrected chi connectivity index (χ4v) is 2.67. The zero-order chi connectivity index (χ0) is 11.8. The van der Waals surface area contributed by atoms with Gasteiger partial charge in [-0.1, -0.05) is 32.6 Å². The number of hydrogen-bond acceptors (Lipinski definition) is 1. The van der Waals surface area contributed by atoms with Gasteiger partial charge in [0.1, 0.15) is 0 Å². The Morgan fingerprint density at radius 3 is 2.75 bits per heavy atom. The molecule has 0 aromatic rings. The number of nitrogens with one attached hydrogen (secondary N) is 1. The first kappa shape index (κ1) is 13.8. The maximum Gasteiger partial charge on any atom is 0.220 e. The van der Waals surface area contributed by atoms with Crippen LogP contribution in [0, 0.1) is 11.8 Å². The molecule has 2 nitrogen and oxygen atoms in total. The Bertz CT molecular complexity index is 202. The Hall–Kier alpha value is -0.240. The molecular weight excluding hydrogens is 222 g/mol. The molecule has 0 heterocycles. The van der Waals surface area contributed by atoms with E-state index in [0.29, 0.717) is 18.2 Å². The first-order chi connectivity index (χ1) is 7.72. The number of carbonyl (C=O) groups is 1. The van der Waals surface area contributed by atoms with E-state index in [4.69, 9.17) is 11.6 Å². The van der Waals surface area contributed by atoms with Crippen LogP contribution in [0.5, 0.6) is 0 Å². The van der Waals surface area contributed by atoms with Gasteiger partial charge in [0, 0.05) is 18.8 Å². The van der Waals surface area contributed by atoms with E-state index < -0.39 is 0 Å². The maximum absolute atomic E-state index is 11.6. The van der Waals surface area contributed by atoms with Gasteiger partial charge in [-0.2, -0.15) is 0 Å². The van der Waals surface area contributed by atoms with E-state index in [0.717, 1.165) is 25.3 Å². The molecular formula is C13H24ClNO. The van der Waals surface area contributed by atoms with Crippen LogP contribution in [0.15, 0.2) is 0 Å². The molecule has 0 radical (unpaired) electrons. The molecule has 1 fully saturated rings. The number of amides is 1. The average Bonchev–Trinajstić information content (AvgIpc) is 2.77. The summed E-state index contributed by atoms with van der Waals surface area (Å²) in [5, 5.41) is 2.99. The molecule has 3 heteroatoms. The summed E-state index contributed by atoms with van der Waals surface area (Å²) in [7, 11) is 0. The van der Waals surface area contributed by atoms with Gasteiger partial charge in [0.25, 0.3) is 0 Å². The first-order valence-corrected chi connectivity index (χ1v) is 7.08. The smallest absolute Gasteiger partial charge is 0.220 e. The van der Waals surface area contributed by atoms with E-state index in [1.54, 1.807) is 0 Å². The van der Waals surface area contributed by atoms with E-state index in [9.17, 15) is 4.79 Å². The lowest BCUT2D eigenvalue weighted by Gasteiger charge is -2.12. The zero-order valence-electron chi connectivity index (χ0n) is 10.3. The van der Waals surface area contributed by atoms with E-state index in [-0.39, 0.29) is 5.91 Å². The molecule has 1 unspecified atom stereocenters. The highest BCUT2D eigenvalue weighted by atomic mass is 35.5. The summed E-state index contributed by atoms with van der Waals surface area (Å²) in [4.78, 5) is 11.6. The SMILES string of the molecule is CC(CCCl)CNC(=O)CCC1CCCC1. The molecule has 0 aromatic carbocycles. The first-order valence-electron chi connectivity index (χ1n) is 6.55. The Morgan fingerprint density at radius 1 is 1.44 bits per heavy atom. The third-order valence-corrected chi connectivity index (χ3v) is 3.72. The molecule has 1 aliphatic rings. The van der Waals surface area contributed by atoms with Crippen molar-refractivity contribution in [3.8, 4) is 0 Å². The second-order valence-corrected chi connectivity index (χ2v) is 5.45. The van der Waals surface area contributed by atoms with Crippen molar-refractivity contribution in [2.75, 3.05) is 12.4 Å². The van der Waals surface area contributed by atoms with Gasteiger partial charge in [0.15, 0.2) is 0 Å². The van der Waals surface area contributed by atoms with Gasteiger partial charge >= 0.3 is 0 Å². The number of halogens is 1. The summed E-state index contributed by atoms with van der Waals surface area (Å²) in [6, 6.07) is 0. The molecule has 1 amide bonds. The summed E-state index contributed by atoms with van der Waals surface area (Å²) in [5.41, 5.74) is 0. The Labute approximate surface area is 104 Å². The van der Waals surface area contributed by atoms with Gasteiger partial charge in [-0.15, -0.1) is 11.6 Å².